The molecule has 0 spiro atoms. The molecule has 1 aromatic heterocycles. The quantitative estimate of drug-likeness (QED) is 0.493. The number of carbonyl (C=O) groups is 1. The van der Waals surface area contributed by atoms with Crippen molar-refractivity contribution in [2.45, 2.75) is 13.8 Å². The monoisotopic (exact) mass is 439 g/mol. The van der Waals surface area contributed by atoms with E-state index in [0.717, 1.165) is 10.2 Å². The molecule has 1 N–H and O–H groups in total. The molecule has 0 fully saturated rings. The summed E-state index contributed by atoms with van der Waals surface area (Å²) in [6.07, 6.45) is 1.36. The molecule has 3 aromatic rings. The van der Waals surface area contributed by atoms with Crippen LogP contribution in [-0.2, 0) is 0 Å². The van der Waals surface area contributed by atoms with E-state index < -0.39 is 11.5 Å². The Morgan fingerprint density at radius 3 is 2.63 bits per heavy atom. The molecular formula is C21H15Cl2N5O2. The van der Waals surface area contributed by atoms with E-state index >= 15 is 0 Å². The van der Waals surface area contributed by atoms with Gasteiger partial charge in [0.05, 0.1) is 16.9 Å². The van der Waals surface area contributed by atoms with Gasteiger partial charge in [-0.1, -0.05) is 47.5 Å². The lowest BCUT2D eigenvalue weighted by molar-refractivity contribution is 0.0947. The minimum absolute atomic E-state index is 0.0891. The zero-order chi connectivity index (χ0) is 21.8. The predicted octanol–water partition coefficient (Wildman–Crippen LogP) is 3.79. The highest BCUT2D eigenvalue weighted by atomic mass is 35.5. The summed E-state index contributed by atoms with van der Waals surface area (Å²) in [5.41, 5.74) is 3.46. The number of aromatic nitrogens is 2. The SMILES string of the molecule is Cc1ccccc1-n1nc(C(=O)N/N=C/c2ccc(Cl)cc2Cl)c(C)c(C#N)c1=O. The smallest absolute Gasteiger partial charge is 0.266 e. The lowest BCUT2D eigenvalue weighted by atomic mass is 10.1. The normalized spacial score (nSPS) is 10.8. The summed E-state index contributed by atoms with van der Waals surface area (Å²) in [5.74, 6) is -0.673. The number of hydrazone groups is 1. The standard InChI is InChI=1S/C21H15Cl2N5O2/c1-12-5-3-4-6-18(12)28-21(30)16(10-24)13(2)19(27-28)20(29)26-25-11-14-7-8-15(22)9-17(14)23/h3-9,11H,1-2H3,(H,26,29)/b25-11+. The van der Waals surface area contributed by atoms with Crippen molar-refractivity contribution in [3.05, 3.63) is 90.8 Å². The fraction of sp³-hybridized carbons (Fsp3) is 0.0952. The van der Waals surface area contributed by atoms with Crippen LogP contribution in [-0.4, -0.2) is 21.9 Å². The van der Waals surface area contributed by atoms with E-state index in [1.54, 1.807) is 43.3 Å². The number of aryl methyl sites for hydroxylation is 1. The van der Waals surface area contributed by atoms with Crippen molar-refractivity contribution >= 4 is 35.3 Å². The van der Waals surface area contributed by atoms with Crippen molar-refractivity contribution in [1.29, 1.82) is 5.26 Å². The van der Waals surface area contributed by atoms with E-state index in [0.29, 0.717) is 21.3 Å². The highest BCUT2D eigenvalue weighted by Gasteiger charge is 2.20. The van der Waals surface area contributed by atoms with Crippen molar-refractivity contribution < 1.29 is 4.79 Å². The molecule has 1 heterocycles. The van der Waals surface area contributed by atoms with Crippen molar-refractivity contribution in [3.8, 4) is 11.8 Å². The Balaban J connectivity index is 1.99. The third-order valence-electron chi connectivity index (χ3n) is 4.34. The average molecular weight is 440 g/mol. The second-order valence-corrected chi connectivity index (χ2v) is 7.17. The molecule has 0 saturated heterocycles. The Morgan fingerprint density at radius 2 is 1.97 bits per heavy atom. The molecule has 9 heteroatoms. The van der Waals surface area contributed by atoms with Crippen LogP contribution >= 0.6 is 23.2 Å². The van der Waals surface area contributed by atoms with Crippen LogP contribution in [0.2, 0.25) is 10.0 Å². The summed E-state index contributed by atoms with van der Waals surface area (Å²) in [6, 6.07) is 13.7. The predicted molar refractivity (Wildman–Crippen MR) is 116 cm³/mol. The highest BCUT2D eigenvalue weighted by molar-refractivity contribution is 6.36. The number of amides is 1. The van der Waals surface area contributed by atoms with Crippen molar-refractivity contribution in [3.63, 3.8) is 0 Å². The number of hydrogen-bond donors (Lipinski definition) is 1. The third kappa shape index (κ3) is 4.25. The largest absolute Gasteiger partial charge is 0.292 e. The fourth-order valence-electron chi connectivity index (χ4n) is 2.74. The first-order valence-electron chi connectivity index (χ1n) is 8.72. The maximum atomic E-state index is 12.7. The molecule has 150 valence electrons. The van der Waals surface area contributed by atoms with Crippen LogP contribution < -0.4 is 11.0 Å². The van der Waals surface area contributed by atoms with E-state index in [2.05, 4.69) is 15.6 Å². The van der Waals surface area contributed by atoms with Crippen LogP contribution in [0.15, 0.2) is 52.4 Å². The Kier molecular flexibility index (Phi) is 6.31. The van der Waals surface area contributed by atoms with Gasteiger partial charge in [0.25, 0.3) is 11.5 Å². The Bertz CT molecular complexity index is 1280. The zero-order valence-electron chi connectivity index (χ0n) is 16.0. The Morgan fingerprint density at radius 1 is 1.23 bits per heavy atom. The summed E-state index contributed by atoms with van der Waals surface area (Å²) in [5, 5.41) is 18.4. The molecule has 0 aliphatic rings. The van der Waals surface area contributed by atoms with Gasteiger partial charge in [-0.15, -0.1) is 0 Å². The zero-order valence-corrected chi connectivity index (χ0v) is 17.5. The van der Waals surface area contributed by atoms with Crippen LogP contribution in [0, 0.1) is 25.2 Å². The van der Waals surface area contributed by atoms with Crippen molar-refractivity contribution in [1.82, 2.24) is 15.2 Å². The molecule has 2 aromatic carbocycles. The van der Waals surface area contributed by atoms with E-state index in [1.807, 2.05) is 12.1 Å². The number of hydrogen-bond acceptors (Lipinski definition) is 5. The molecular weight excluding hydrogens is 425 g/mol. The summed E-state index contributed by atoms with van der Waals surface area (Å²) >= 11 is 11.9. The number of nitrogens with one attached hydrogen (secondary N) is 1. The number of benzene rings is 2. The van der Waals surface area contributed by atoms with Crippen LogP contribution in [0.3, 0.4) is 0 Å². The van der Waals surface area contributed by atoms with Gasteiger partial charge in [0.1, 0.15) is 11.6 Å². The van der Waals surface area contributed by atoms with E-state index in [-0.39, 0.29) is 16.8 Å². The van der Waals surface area contributed by atoms with E-state index in [9.17, 15) is 14.9 Å². The number of nitrogens with zero attached hydrogens (tertiary/aromatic N) is 4. The van der Waals surface area contributed by atoms with Gasteiger partial charge in [-0.3, -0.25) is 9.59 Å². The summed E-state index contributed by atoms with van der Waals surface area (Å²) in [6.45, 7) is 3.29. The minimum Gasteiger partial charge on any atom is -0.266 e. The van der Waals surface area contributed by atoms with Crippen molar-refractivity contribution in [2.24, 2.45) is 5.10 Å². The first kappa shape index (κ1) is 21.2. The first-order chi connectivity index (χ1) is 14.3. The molecule has 1 amide bonds. The number of carbonyl (C=O) groups excluding carboxylic acids is 1. The van der Waals surface area contributed by atoms with Gasteiger partial charge in [0, 0.05) is 16.1 Å². The molecule has 0 aliphatic carbocycles. The van der Waals surface area contributed by atoms with Crippen LogP contribution in [0.4, 0.5) is 0 Å². The summed E-state index contributed by atoms with van der Waals surface area (Å²) in [4.78, 5) is 25.4. The second-order valence-electron chi connectivity index (χ2n) is 6.33. The van der Waals surface area contributed by atoms with Gasteiger partial charge >= 0.3 is 0 Å². The molecule has 30 heavy (non-hydrogen) atoms. The van der Waals surface area contributed by atoms with Gasteiger partial charge in [0.2, 0.25) is 0 Å². The summed E-state index contributed by atoms with van der Waals surface area (Å²) in [7, 11) is 0. The molecule has 0 saturated carbocycles. The van der Waals surface area contributed by atoms with Crippen LogP contribution in [0.5, 0.6) is 0 Å². The van der Waals surface area contributed by atoms with Gasteiger partial charge < -0.3 is 0 Å². The molecule has 0 bridgehead atoms. The first-order valence-corrected chi connectivity index (χ1v) is 9.47. The lowest BCUT2D eigenvalue weighted by Gasteiger charge is -2.12. The number of halogens is 2. The van der Waals surface area contributed by atoms with E-state index in [1.165, 1.54) is 13.1 Å². The maximum Gasteiger partial charge on any atom is 0.292 e. The molecule has 0 atom stereocenters. The summed E-state index contributed by atoms with van der Waals surface area (Å²) < 4.78 is 1.05. The minimum atomic E-state index is -0.673. The second kappa shape index (κ2) is 8.91. The van der Waals surface area contributed by atoms with E-state index in [4.69, 9.17) is 23.2 Å². The highest BCUT2D eigenvalue weighted by Crippen LogP contribution is 2.19. The molecule has 7 nitrogen and oxygen atoms in total. The third-order valence-corrected chi connectivity index (χ3v) is 4.90. The molecule has 0 unspecified atom stereocenters. The van der Waals surface area contributed by atoms with Gasteiger partial charge in [-0.05, 0) is 37.6 Å². The molecule has 0 radical (unpaired) electrons. The number of para-hydroxylation sites is 1. The van der Waals surface area contributed by atoms with Gasteiger partial charge in [0.15, 0.2) is 5.69 Å². The Labute approximate surface area is 182 Å². The maximum absolute atomic E-state index is 12.7. The molecule has 3 rings (SSSR count). The number of rotatable bonds is 4. The average Bonchev–Trinajstić information content (AvgIpc) is 2.71. The van der Waals surface area contributed by atoms with Gasteiger partial charge in [-0.25, -0.2) is 5.43 Å². The Hall–Kier alpha value is -3.47. The van der Waals surface area contributed by atoms with Crippen LogP contribution in [0.1, 0.15) is 32.7 Å². The van der Waals surface area contributed by atoms with Gasteiger partial charge in [-0.2, -0.15) is 20.1 Å². The topological polar surface area (TPSA) is 100 Å². The fourth-order valence-corrected chi connectivity index (χ4v) is 3.19. The number of nitriles is 1. The van der Waals surface area contributed by atoms with Crippen molar-refractivity contribution in [2.75, 3.05) is 0 Å². The lowest BCUT2D eigenvalue weighted by Crippen LogP contribution is -2.31. The molecule has 0 aliphatic heterocycles. The van der Waals surface area contributed by atoms with Crippen LogP contribution in [0.25, 0.3) is 5.69 Å².